The number of thiocarbonyl (C=S) groups is 1. The number of hydrogen-bond donors (Lipinski definition) is 2. The van der Waals surface area contributed by atoms with E-state index in [0.717, 1.165) is 11.6 Å². The van der Waals surface area contributed by atoms with Gasteiger partial charge in [-0.25, -0.2) is 4.39 Å². The molecule has 1 heterocycles. The molecule has 0 unspecified atom stereocenters. The molecule has 3 rings (SSSR count). The van der Waals surface area contributed by atoms with E-state index in [2.05, 4.69) is 27.6 Å². The van der Waals surface area contributed by atoms with Gasteiger partial charge < -0.3 is 10.6 Å². The molecule has 0 spiro atoms. The standard InChI is InChI=1S/C20H21F4N5S/c21-16-4-1-14(2-5-16)13-28-7-9-29(10-8-28)18-6-3-15(12-26-27-19(25)30)11-17(18)20(22,23)24/h1-6,11-12H,7-10,13H2,(H3,25,27,30)/b26-12+. The molecule has 0 aliphatic carbocycles. The second-order valence-electron chi connectivity index (χ2n) is 6.90. The number of hydrogen-bond acceptors (Lipinski definition) is 4. The van der Waals surface area contributed by atoms with Crippen LogP contribution in [0, 0.1) is 5.82 Å². The Balaban J connectivity index is 1.70. The molecule has 10 heteroatoms. The Morgan fingerprint density at radius 3 is 2.37 bits per heavy atom. The Morgan fingerprint density at radius 2 is 1.77 bits per heavy atom. The topological polar surface area (TPSA) is 56.9 Å². The summed E-state index contributed by atoms with van der Waals surface area (Å²) in [6.45, 7) is 2.76. The van der Waals surface area contributed by atoms with Crippen molar-refractivity contribution >= 4 is 29.2 Å². The molecule has 30 heavy (non-hydrogen) atoms. The van der Waals surface area contributed by atoms with E-state index in [4.69, 9.17) is 5.73 Å². The number of piperazine rings is 1. The molecule has 1 aliphatic heterocycles. The van der Waals surface area contributed by atoms with Gasteiger partial charge in [-0.2, -0.15) is 18.3 Å². The van der Waals surface area contributed by atoms with Crippen molar-refractivity contribution in [3.63, 3.8) is 0 Å². The minimum Gasteiger partial charge on any atom is -0.375 e. The number of rotatable bonds is 5. The lowest BCUT2D eigenvalue weighted by atomic mass is 10.1. The third kappa shape index (κ3) is 5.90. The van der Waals surface area contributed by atoms with Gasteiger partial charge in [-0.1, -0.05) is 18.2 Å². The van der Waals surface area contributed by atoms with Gasteiger partial charge in [0.2, 0.25) is 0 Å². The minimum atomic E-state index is -4.50. The number of alkyl halides is 3. The number of benzene rings is 2. The summed E-state index contributed by atoms with van der Waals surface area (Å²) >= 11 is 4.60. The van der Waals surface area contributed by atoms with Crippen molar-refractivity contribution in [1.29, 1.82) is 0 Å². The third-order valence-corrected chi connectivity index (χ3v) is 4.84. The Labute approximate surface area is 177 Å². The third-order valence-electron chi connectivity index (χ3n) is 4.75. The van der Waals surface area contributed by atoms with E-state index >= 15 is 0 Å². The normalized spacial score (nSPS) is 15.5. The second kappa shape index (κ2) is 9.40. The highest BCUT2D eigenvalue weighted by Gasteiger charge is 2.35. The molecule has 0 saturated carbocycles. The van der Waals surface area contributed by atoms with Crippen molar-refractivity contribution < 1.29 is 17.6 Å². The number of nitrogens with one attached hydrogen (secondary N) is 1. The molecule has 0 amide bonds. The average molecular weight is 439 g/mol. The molecule has 5 nitrogen and oxygen atoms in total. The summed E-state index contributed by atoms with van der Waals surface area (Å²) in [7, 11) is 0. The van der Waals surface area contributed by atoms with E-state index in [9.17, 15) is 17.6 Å². The van der Waals surface area contributed by atoms with Crippen LogP contribution in [0.4, 0.5) is 23.2 Å². The highest BCUT2D eigenvalue weighted by Crippen LogP contribution is 2.37. The summed E-state index contributed by atoms with van der Waals surface area (Å²) in [5.41, 5.74) is 8.24. The van der Waals surface area contributed by atoms with Crippen molar-refractivity contribution in [3.8, 4) is 0 Å². The van der Waals surface area contributed by atoms with Crippen LogP contribution in [0.1, 0.15) is 16.7 Å². The van der Waals surface area contributed by atoms with Gasteiger partial charge in [0.05, 0.1) is 11.8 Å². The smallest absolute Gasteiger partial charge is 0.375 e. The van der Waals surface area contributed by atoms with Crippen LogP contribution >= 0.6 is 12.2 Å². The van der Waals surface area contributed by atoms with Crippen LogP contribution < -0.4 is 16.1 Å². The lowest BCUT2D eigenvalue weighted by Gasteiger charge is -2.37. The fourth-order valence-corrected chi connectivity index (χ4v) is 3.35. The van der Waals surface area contributed by atoms with Crippen LogP contribution in [0.2, 0.25) is 0 Å². The lowest BCUT2D eigenvalue weighted by Crippen LogP contribution is -2.46. The predicted octanol–water partition coefficient (Wildman–Crippen LogP) is 3.33. The van der Waals surface area contributed by atoms with Crippen LogP contribution in [-0.4, -0.2) is 42.4 Å². The zero-order valence-electron chi connectivity index (χ0n) is 16.0. The monoisotopic (exact) mass is 439 g/mol. The highest BCUT2D eigenvalue weighted by molar-refractivity contribution is 7.80. The van der Waals surface area contributed by atoms with Gasteiger partial charge in [0.1, 0.15) is 5.82 Å². The van der Waals surface area contributed by atoms with Crippen molar-refractivity contribution in [3.05, 3.63) is 65.0 Å². The zero-order valence-corrected chi connectivity index (χ0v) is 16.8. The minimum absolute atomic E-state index is 0.0718. The maximum absolute atomic E-state index is 13.7. The van der Waals surface area contributed by atoms with E-state index in [-0.39, 0.29) is 22.2 Å². The molecule has 3 N–H and O–H groups in total. The summed E-state index contributed by atoms with van der Waals surface area (Å²) in [5, 5.41) is 3.64. The van der Waals surface area contributed by atoms with E-state index in [1.54, 1.807) is 23.1 Å². The summed E-state index contributed by atoms with van der Waals surface area (Å²) in [6.07, 6.45) is -3.26. The van der Waals surface area contributed by atoms with Crippen molar-refractivity contribution in [2.75, 3.05) is 31.1 Å². The first-order valence-corrected chi connectivity index (χ1v) is 9.65. The van der Waals surface area contributed by atoms with Crippen molar-refractivity contribution in [2.24, 2.45) is 10.8 Å². The Hall–Kier alpha value is -2.72. The van der Waals surface area contributed by atoms with Crippen LogP contribution in [-0.2, 0) is 12.7 Å². The number of hydrazone groups is 1. The Morgan fingerprint density at radius 1 is 1.10 bits per heavy atom. The van der Waals surface area contributed by atoms with E-state index in [0.29, 0.717) is 32.7 Å². The first-order chi connectivity index (χ1) is 14.2. The molecule has 2 aromatic rings. The molecule has 0 bridgehead atoms. The molecule has 0 aromatic heterocycles. The Kier molecular flexibility index (Phi) is 6.88. The molecular weight excluding hydrogens is 418 g/mol. The van der Waals surface area contributed by atoms with Gasteiger partial charge in [0.25, 0.3) is 0 Å². The fraction of sp³-hybridized carbons (Fsp3) is 0.300. The predicted molar refractivity (Wildman–Crippen MR) is 113 cm³/mol. The van der Waals surface area contributed by atoms with Crippen molar-refractivity contribution in [1.82, 2.24) is 10.3 Å². The van der Waals surface area contributed by atoms with E-state index in [1.165, 1.54) is 24.4 Å². The molecule has 160 valence electrons. The molecule has 2 aromatic carbocycles. The first-order valence-electron chi connectivity index (χ1n) is 9.24. The summed E-state index contributed by atoms with van der Waals surface area (Å²) < 4.78 is 54.0. The molecule has 1 fully saturated rings. The maximum Gasteiger partial charge on any atom is 0.418 e. The van der Waals surface area contributed by atoms with E-state index in [1.807, 2.05) is 0 Å². The highest BCUT2D eigenvalue weighted by atomic mass is 32.1. The van der Waals surface area contributed by atoms with Crippen LogP contribution in [0.3, 0.4) is 0 Å². The van der Waals surface area contributed by atoms with Gasteiger partial charge >= 0.3 is 6.18 Å². The lowest BCUT2D eigenvalue weighted by molar-refractivity contribution is -0.137. The van der Waals surface area contributed by atoms with Gasteiger partial charge in [0, 0.05) is 38.4 Å². The summed E-state index contributed by atoms with van der Waals surface area (Å²) in [6, 6.07) is 10.3. The van der Waals surface area contributed by atoms with Crippen molar-refractivity contribution in [2.45, 2.75) is 12.7 Å². The van der Waals surface area contributed by atoms with Gasteiger partial charge in [-0.15, -0.1) is 0 Å². The number of halogens is 4. The van der Waals surface area contributed by atoms with Crippen LogP contribution in [0.15, 0.2) is 47.6 Å². The SMILES string of the molecule is NC(=S)N/N=C/c1ccc(N2CCN(Cc3ccc(F)cc3)CC2)c(C(F)(F)F)c1. The van der Waals surface area contributed by atoms with Crippen LogP contribution in [0.25, 0.3) is 0 Å². The molecule has 1 saturated heterocycles. The summed E-state index contributed by atoms with van der Waals surface area (Å²) in [4.78, 5) is 3.87. The average Bonchev–Trinajstić information content (AvgIpc) is 2.69. The zero-order chi connectivity index (χ0) is 21.7. The molecule has 1 aliphatic rings. The first kappa shape index (κ1) is 22.0. The Bertz CT molecular complexity index is 906. The van der Waals surface area contributed by atoms with Gasteiger partial charge in [0.15, 0.2) is 5.11 Å². The quantitative estimate of drug-likeness (QED) is 0.324. The number of nitrogens with two attached hydrogens (primary N) is 1. The fourth-order valence-electron chi connectivity index (χ4n) is 3.30. The molecule has 0 radical (unpaired) electrons. The van der Waals surface area contributed by atoms with Gasteiger partial charge in [-0.3, -0.25) is 10.3 Å². The molecular formula is C20H21F4N5S. The number of anilines is 1. The second-order valence-corrected chi connectivity index (χ2v) is 7.34. The van der Waals surface area contributed by atoms with Crippen LogP contribution in [0.5, 0.6) is 0 Å². The maximum atomic E-state index is 13.7. The summed E-state index contributed by atoms with van der Waals surface area (Å²) in [5.74, 6) is -0.293. The molecule has 0 atom stereocenters. The van der Waals surface area contributed by atoms with Gasteiger partial charge in [-0.05, 0) is 47.6 Å². The largest absolute Gasteiger partial charge is 0.418 e. The number of nitrogens with zero attached hydrogens (tertiary/aromatic N) is 3. The van der Waals surface area contributed by atoms with E-state index < -0.39 is 11.7 Å².